The van der Waals surface area contributed by atoms with Crippen molar-refractivity contribution in [2.24, 2.45) is 0 Å². The Kier molecular flexibility index (Phi) is 9.02. The lowest BCUT2D eigenvalue weighted by Crippen LogP contribution is -2.53. The van der Waals surface area contributed by atoms with E-state index in [2.05, 4.69) is 5.32 Å². The molecule has 216 valence electrons. The first-order valence-corrected chi connectivity index (χ1v) is 14.5. The molecule has 11 nitrogen and oxygen atoms in total. The molecular formula is C28H36N4O7S. The number of methoxy groups -OCH3 is 2. The normalized spacial score (nSPS) is 18.9. The summed E-state index contributed by atoms with van der Waals surface area (Å²) in [6.07, 6.45) is 0. The van der Waals surface area contributed by atoms with Crippen LogP contribution in [0.1, 0.15) is 24.1 Å². The van der Waals surface area contributed by atoms with Crippen molar-refractivity contribution in [3.05, 3.63) is 64.9 Å². The summed E-state index contributed by atoms with van der Waals surface area (Å²) in [4.78, 5) is 30.1. The molecule has 1 fully saturated rings. The molecule has 2 aromatic carbocycles. The van der Waals surface area contributed by atoms with Gasteiger partial charge in [-0.1, -0.05) is 17.7 Å². The standard InChI is InChI=1S/C28H36N4O7S/c1-6-39-27(33)25-24(30(3)28(34)29-26(25)20-15-21(37-4)17-22(16-20)38-5)18-31-11-13-32(14-12-31)40(35,36)23-9-7-19(2)8-10-23/h7-10,15-17,26H,6,11-14,18H2,1-5H3,(H,29,34)/t26-/m0/s1. The van der Waals surface area contributed by atoms with E-state index in [0.29, 0.717) is 41.4 Å². The van der Waals surface area contributed by atoms with Gasteiger partial charge in [0.25, 0.3) is 0 Å². The van der Waals surface area contributed by atoms with Crippen LogP contribution in [0.25, 0.3) is 0 Å². The van der Waals surface area contributed by atoms with Crippen molar-refractivity contribution >= 4 is 22.0 Å². The number of carbonyl (C=O) groups is 2. The highest BCUT2D eigenvalue weighted by atomic mass is 32.2. The number of piperazine rings is 1. The van der Waals surface area contributed by atoms with E-state index < -0.39 is 22.0 Å². The monoisotopic (exact) mass is 572 g/mol. The van der Waals surface area contributed by atoms with Crippen molar-refractivity contribution < 1.29 is 32.2 Å². The van der Waals surface area contributed by atoms with Crippen LogP contribution in [0.3, 0.4) is 0 Å². The Labute approximate surface area is 235 Å². The van der Waals surface area contributed by atoms with E-state index in [1.165, 1.54) is 23.4 Å². The Balaban J connectivity index is 1.63. The minimum atomic E-state index is -3.62. The van der Waals surface area contributed by atoms with Gasteiger partial charge in [0, 0.05) is 51.5 Å². The molecule has 1 atom stereocenters. The highest BCUT2D eigenvalue weighted by Crippen LogP contribution is 2.35. The van der Waals surface area contributed by atoms with E-state index in [-0.39, 0.29) is 37.2 Å². The van der Waals surface area contributed by atoms with Crippen molar-refractivity contribution in [2.45, 2.75) is 24.8 Å². The third-order valence-electron chi connectivity index (χ3n) is 7.14. The SMILES string of the molecule is CCOC(=O)C1=C(CN2CCN(S(=O)(=O)c3ccc(C)cc3)CC2)N(C)C(=O)N[C@H]1c1cc(OC)cc(OC)c1. The predicted octanol–water partition coefficient (Wildman–Crippen LogP) is 2.53. The summed E-state index contributed by atoms with van der Waals surface area (Å²) in [5.74, 6) is 0.480. The minimum Gasteiger partial charge on any atom is -0.497 e. The van der Waals surface area contributed by atoms with E-state index in [0.717, 1.165) is 5.56 Å². The number of aryl methyl sites for hydroxylation is 1. The van der Waals surface area contributed by atoms with Gasteiger partial charge in [-0.2, -0.15) is 4.31 Å². The number of amides is 2. The number of sulfonamides is 1. The lowest BCUT2D eigenvalue weighted by molar-refractivity contribution is -0.139. The molecule has 2 aromatic rings. The second-order valence-corrected chi connectivity index (χ2v) is 11.6. The largest absolute Gasteiger partial charge is 0.497 e. The molecule has 2 aliphatic heterocycles. The Morgan fingerprint density at radius 2 is 1.60 bits per heavy atom. The molecule has 0 aliphatic carbocycles. The van der Waals surface area contributed by atoms with Crippen LogP contribution in [0.15, 0.2) is 58.6 Å². The Morgan fingerprint density at radius 1 is 1.00 bits per heavy atom. The van der Waals surface area contributed by atoms with E-state index in [9.17, 15) is 18.0 Å². The van der Waals surface area contributed by atoms with Crippen molar-refractivity contribution in [3.8, 4) is 11.5 Å². The number of hydrogen-bond donors (Lipinski definition) is 1. The van der Waals surface area contributed by atoms with Crippen LogP contribution in [-0.4, -0.2) is 95.1 Å². The molecule has 0 saturated carbocycles. The van der Waals surface area contributed by atoms with Gasteiger partial charge in [-0.3, -0.25) is 9.80 Å². The van der Waals surface area contributed by atoms with Crippen molar-refractivity contribution in [3.63, 3.8) is 0 Å². The van der Waals surface area contributed by atoms with Gasteiger partial charge in [0.2, 0.25) is 10.0 Å². The molecule has 0 aromatic heterocycles. The van der Waals surface area contributed by atoms with Crippen LogP contribution in [-0.2, 0) is 19.6 Å². The molecule has 4 rings (SSSR count). The molecule has 1 N–H and O–H groups in total. The van der Waals surface area contributed by atoms with Crippen LogP contribution in [0, 0.1) is 6.92 Å². The summed E-state index contributed by atoms with van der Waals surface area (Å²) in [7, 11) is 1.03. The summed E-state index contributed by atoms with van der Waals surface area (Å²) < 4.78 is 44.0. The number of likely N-dealkylation sites (N-methyl/N-ethyl adjacent to an activating group) is 1. The van der Waals surface area contributed by atoms with Gasteiger partial charge < -0.3 is 19.5 Å². The zero-order valence-corrected chi connectivity index (χ0v) is 24.3. The molecule has 2 amide bonds. The molecule has 12 heteroatoms. The topological polar surface area (TPSA) is 118 Å². The van der Waals surface area contributed by atoms with Crippen LogP contribution >= 0.6 is 0 Å². The van der Waals surface area contributed by atoms with Gasteiger partial charge in [-0.25, -0.2) is 18.0 Å². The van der Waals surface area contributed by atoms with Gasteiger partial charge in [-0.05, 0) is 43.7 Å². The fourth-order valence-corrected chi connectivity index (χ4v) is 6.27. The second-order valence-electron chi connectivity index (χ2n) is 9.66. The Morgan fingerprint density at radius 3 is 2.15 bits per heavy atom. The summed E-state index contributed by atoms with van der Waals surface area (Å²) >= 11 is 0. The Hall–Kier alpha value is -3.61. The number of hydrogen-bond acceptors (Lipinski definition) is 8. The van der Waals surface area contributed by atoms with E-state index >= 15 is 0 Å². The number of esters is 1. The van der Waals surface area contributed by atoms with Gasteiger partial charge >= 0.3 is 12.0 Å². The van der Waals surface area contributed by atoms with Gasteiger partial charge in [0.1, 0.15) is 11.5 Å². The van der Waals surface area contributed by atoms with Crippen LogP contribution in [0.2, 0.25) is 0 Å². The van der Waals surface area contributed by atoms with E-state index in [1.807, 2.05) is 11.8 Å². The van der Waals surface area contributed by atoms with Crippen molar-refractivity contribution in [2.75, 3.05) is 60.6 Å². The fraction of sp³-hybridized carbons (Fsp3) is 0.429. The van der Waals surface area contributed by atoms with Crippen molar-refractivity contribution in [1.82, 2.24) is 19.4 Å². The quantitative estimate of drug-likeness (QED) is 0.456. The first kappa shape index (κ1) is 29.4. The number of ether oxygens (including phenoxy) is 3. The zero-order chi connectivity index (χ0) is 29.0. The molecule has 40 heavy (non-hydrogen) atoms. The third-order valence-corrected chi connectivity index (χ3v) is 9.06. The maximum Gasteiger partial charge on any atom is 0.338 e. The van der Waals surface area contributed by atoms with Crippen LogP contribution in [0.5, 0.6) is 11.5 Å². The fourth-order valence-electron chi connectivity index (χ4n) is 4.84. The predicted molar refractivity (Wildman–Crippen MR) is 149 cm³/mol. The van der Waals surface area contributed by atoms with Gasteiger partial charge in [0.15, 0.2) is 0 Å². The van der Waals surface area contributed by atoms with E-state index in [1.54, 1.807) is 56.4 Å². The number of benzene rings is 2. The molecule has 0 bridgehead atoms. The first-order valence-electron chi connectivity index (χ1n) is 13.1. The maximum atomic E-state index is 13.3. The van der Waals surface area contributed by atoms with Crippen LogP contribution < -0.4 is 14.8 Å². The third kappa shape index (κ3) is 6.08. The average Bonchev–Trinajstić information content (AvgIpc) is 2.95. The highest BCUT2D eigenvalue weighted by Gasteiger charge is 2.38. The number of carbonyl (C=O) groups excluding carboxylic acids is 2. The summed E-state index contributed by atoms with van der Waals surface area (Å²) in [5, 5.41) is 2.90. The second kappa shape index (κ2) is 12.3. The van der Waals surface area contributed by atoms with Crippen molar-refractivity contribution in [1.29, 1.82) is 0 Å². The average molecular weight is 573 g/mol. The minimum absolute atomic E-state index is 0.164. The number of urea groups is 1. The maximum absolute atomic E-state index is 13.3. The molecule has 2 heterocycles. The zero-order valence-electron chi connectivity index (χ0n) is 23.5. The molecule has 0 spiro atoms. The molecule has 2 aliphatic rings. The summed E-state index contributed by atoms with van der Waals surface area (Å²) in [6.45, 7) is 5.48. The number of rotatable bonds is 9. The highest BCUT2D eigenvalue weighted by molar-refractivity contribution is 7.89. The molecular weight excluding hydrogens is 536 g/mol. The van der Waals surface area contributed by atoms with Gasteiger partial charge in [0.05, 0.1) is 37.3 Å². The molecule has 0 unspecified atom stereocenters. The lowest BCUT2D eigenvalue weighted by atomic mass is 9.93. The molecule has 1 saturated heterocycles. The smallest absolute Gasteiger partial charge is 0.338 e. The number of nitrogens with zero attached hydrogens (tertiary/aromatic N) is 3. The molecule has 0 radical (unpaired) electrons. The first-order chi connectivity index (χ1) is 19.1. The van der Waals surface area contributed by atoms with Crippen LogP contribution in [0.4, 0.5) is 4.79 Å². The lowest BCUT2D eigenvalue weighted by Gasteiger charge is -2.39. The van der Waals surface area contributed by atoms with Gasteiger partial charge in [-0.15, -0.1) is 0 Å². The number of nitrogens with one attached hydrogen (secondary N) is 1. The van der Waals surface area contributed by atoms with E-state index in [4.69, 9.17) is 14.2 Å². The Bertz CT molecular complexity index is 1360. The summed E-state index contributed by atoms with van der Waals surface area (Å²) in [6, 6.07) is 10.8. The summed E-state index contributed by atoms with van der Waals surface area (Å²) in [5.41, 5.74) is 2.38.